The molecule has 2 nitrogen and oxygen atoms in total. The van der Waals surface area contributed by atoms with Gasteiger partial charge in [0.2, 0.25) is 0 Å². The Labute approximate surface area is 79.2 Å². The van der Waals surface area contributed by atoms with Crippen LogP contribution in [-0.2, 0) is 4.84 Å². The first kappa shape index (κ1) is 9.78. The summed E-state index contributed by atoms with van der Waals surface area (Å²) in [6, 6.07) is 10.7. The van der Waals surface area contributed by atoms with Crippen LogP contribution in [0, 0.1) is 12.0 Å². The number of benzene rings is 1. The van der Waals surface area contributed by atoms with Crippen molar-refractivity contribution in [2.45, 2.75) is 13.8 Å². The van der Waals surface area contributed by atoms with Crippen molar-refractivity contribution >= 4 is 5.71 Å². The first-order chi connectivity index (χ1) is 6.25. The summed E-state index contributed by atoms with van der Waals surface area (Å²) in [5, 5.41) is 4.00. The zero-order chi connectivity index (χ0) is 9.68. The molecule has 0 atom stereocenters. The molecule has 0 spiro atoms. The Morgan fingerprint density at radius 1 is 1.38 bits per heavy atom. The summed E-state index contributed by atoms with van der Waals surface area (Å²) in [7, 11) is 1.57. The van der Waals surface area contributed by atoms with Crippen molar-refractivity contribution in [3.05, 3.63) is 35.9 Å². The maximum Gasteiger partial charge on any atom is 0.106 e. The molecule has 0 amide bonds. The Hall–Kier alpha value is -1.31. The van der Waals surface area contributed by atoms with E-state index >= 15 is 0 Å². The normalized spacial score (nSPS) is 11.8. The van der Waals surface area contributed by atoms with Crippen LogP contribution in [0.25, 0.3) is 0 Å². The van der Waals surface area contributed by atoms with Crippen LogP contribution in [0.15, 0.2) is 29.4 Å². The third-order valence-electron chi connectivity index (χ3n) is 1.75. The maximum absolute atomic E-state index is 4.80. The summed E-state index contributed by atoms with van der Waals surface area (Å²) in [6.07, 6.45) is 0. The second-order valence-electron chi connectivity index (χ2n) is 3.10. The summed E-state index contributed by atoms with van der Waals surface area (Å²) >= 11 is 0. The number of oxime groups is 1. The van der Waals surface area contributed by atoms with Crippen molar-refractivity contribution in [1.82, 2.24) is 0 Å². The van der Waals surface area contributed by atoms with Crippen molar-refractivity contribution in [3.63, 3.8) is 0 Å². The van der Waals surface area contributed by atoms with Crippen molar-refractivity contribution < 1.29 is 4.84 Å². The van der Waals surface area contributed by atoms with Gasteiger partial charge in [0.05, 0.1) is 5.71 Å². The highest BCUT2D eigenvalue weighted by Gasteiger charge is 2.07. The van der Waals surface area contributed by atoms with Crippen LogP contribution in [0.5, 0.6) is 0 Å². The third kappa shape index (κ3) is 2.58. The highest BCUT2D eigenvalue weighted by atomic mass is 16.6. The Balaban J connectivity index is 2.96. The van der Waals surface area contributed by atoms with Gasteiger partial charge < -0.3 is 4.84 Å². The first-order valence-electron chi connectivity index (χ1n) is 4.33. The zero-order valence-corrected chi connectivity index (χ0v) is 8.24. The summed E-state index contributed by atoms with van der Waals surface area (Å²) in [6.45, 7) is 4.18. The molecule has 0 heterocycles. The van der Waals surface area contributed by atoms with E-state index < -0.39 is 0 Å². The van der Waals surface area contributed by atoms with E-state index in [0.717, 1.165) is 11.3 Å². The van der Waals surface area contributed by atoms with Crippen molar-refractivity contribution in [2.24, 2.45) is 11.1 Å². The molecular formula is C11H14NO. The number of hydrogen-bond acceptors (Lipinski definition) is 2. The van der Waals surface area contributed by atoms with Crippen LogP contribution in [0.2, 0.25) is 0 Å². The lowest BCUT2D eigenvalue weighted by atomic mass is 10.0. The van der Waals surface area contributed by atoms with E-state index in [1.54, 1.807) is 7.11 Å². The molecule has 0 saturated carbocycles. The van der Waals surface area contributed by atoms with Crippen LogP contribution in [0.1, 0.15) is 19.4 Å². The average molecular weight is 176 g/mol. The Morgan fingerprint density at radius 2 is 2.00 bits per heavy atom. The lowest BCUT2D eigenvalue weighted by Crippen LogP contribution is -2.09. The predicted octanol–water partition coefficient (Wildman–Crippen LogP) is 2.49. The summed E-state index contributed by atoms with van der Waals surface area (Å²) in [5.41, 5.74) is 2.06. The molecular weight excluding hydrogens is 162 g/mol. The molecule has 0 aliphatic rings. The molecule has 0 bridgehead atoms. The molecule has 0 saturated heterocycles. The van der Waals surface area contributed by atoms with Gasteiger partial charge in [-0.25, -0.2) is 0 Å². The molecule has 1 rings (SSSR count). The lowest BCUT2D eigenvalue weighted by Gasteiger charge is -2.08. The lowest BCUT2D eigenvalue weighted by molar-refractivity contribution is 0.212. The first-order valence-corrected chi connectivity index (χ1v) is 4.33. The highest BCUT2D eigenvalue weighted by molar-refractivity contribution is 6.01. The monoisotopic (exact) mass is 176 g/mol. The smallest absolute Gasteiger partial charge is 0.106 e. The van der Waals surface area contributed by atoms with E-state index in [0.29, 0.717) is 5.92 Å². The number of nitrogens with zero attached hydrogens (tertiary/aromatic N) is 1. The standard InChI is InChI=1S/C11H14NO/c1-9(2)11(12-13-3)10-7-5-4-6-8-10/h5-9H,1-3H3/b12-11+. The van der Waals surface area contributed by atoms with Gasteiger partial charge in [0, 0.05) is 0 Å². The third-order valence-corrected chi connectivity index (χ3v) is 1.75. The van der Waals surface area contributed by atoms with Crippen LogP contribution in [0.4, 0.5) is 0 Å². The van der Waals surface area contributed by atoms with Crippen LogP contribution in [0.3, 0.4) is 0 Å². The molecule has 13 heavy (non-hydrogen) atoms. The predicted molar refractivity (Wildman–Crippen MR) is 53.7 cm³/mol. The van der Waals surface area contributed by atoms with Gasteiger partial charge >= 0.3 is 0 Å². The summed E-state index contributed by atoms with van der Waals surface area (Å²) < 4.78 is 0. The van der Waals surface area contributed by atoms with Crippen LogP contribution in [-0.4, -0.2) is 12.8 Å². The number of hydrogen-bond donors (Lipinski definition) is 0. The van der Waals surface area contributed by atoms with Gasteiger partial charge in [0.1, 0.15) is 7.11 Å². The molecule has 69 valence electrons. The van der Waals surface area contributed by atoms with E-state index in [1.165, 1.54) is 0 Å². The fourth-order valence-electron chi connectivity index (χ4n) is 1.15. The summed E-state index contributed by atoms with van der Waals surface area (Å²) in [4.78, 5) is 4.80. The SMILES string of the molecule is CO/N=C(/c1cc[c]cc1)C(C)C. The van der Waals surface area contributed by atoms with Gasteiger partial charge in [-0.3, -0.25) is 0 Å². The van der Waals surface area contributed by atoms with Crippen LogP contribution < -0.4 is 0 Å². The van der Waals surface area contributed by atoms with Crippen molar-refractivity contribution in [1.29, 1.82) is 0 Å². The fourth-order valence-corrected chi connectivity index (χ4v) is 1.15. The fraction of sp³-hybridized carbons (Fsp3) is 0.364. The van der Waals surface area contributed by atoms with Gasteiger partial charge in [0.25, 0.3) is 0 Å². The molecule has 0 aliphatic carbocycles. The maximum atomic E-state index is 4.80. The van der Waals surface area contributed by atoms with Gasteiger partial charge in [-0.1, -0.05) is 43.3 Å². The molecule has 0 aliphatic heterocycles. The quantitative estimate of drug-likeness (QED) is 0.512. The van der Waals surface area contributed by atoms with E-state index in [1.807, 2.05) is 24.3 Å². The molecule has 1 aromatic carbocycles. The van der Waals surface area contributed by atoms with Crippen LogP contribution >= 0.6 is 0 Å². The van der Waals surface area contributed by atoms with Crippen molar-refractivity contribution in [2.75, 3.05) is 7.11 Å². The topological polar surface area (TPSA) is 21.6 Å². The second kappa shape index (κ2) is 4.65. The second-order valence-corrected chi connectivity index (χ2v) is 3.10. The molecule has 0 N–H and O–H groups in total. The molecule has 0 aromatic heterocycles. The average Bonchev–Trinajstić information content (AvgIpc) is 2.15. The molecule has 1 radical (unpaired) electrons. The van der Waals surface area contributed by atoms with E-state index in [2.05, 4.69) is 25.1 Å². The molecule has 2 heteroatoms. The largest absolute Gasteiger partial charge is 0.399 e. The van der Waals surface area contributed by atoms with Crippen molar-refractivity contribution in [3.8, 4) is 0 Å². The molecule has 0 unspecified atom stereocenters. The molecule has 1 aromatic rings. The minimum absolute atomic E-state index is 0.363. The van der Waals surface area contributed by atoms with Gasteiger partial charge in [0.15, 0.2) is 0 Å². The highest BCUT2D eigenvalue weighted by Crippen LogP contribution is 2.09. The Bertz CT molecular complexity index is 277. The minimum atomic E-state index is 0.363. The van der Waals surface area contributed by atoms with E-state index in [-0.39, 0.29) is 0 Å². The Morgan fingerprint density at radius 3 is 2.46 bits per heavy atom. The molecule has 0 fully saturated rings. The zero-order valence-electron chi connectivity index (χ0n) is 8.24. The number of rotatable bonds is 3. The van der Waals surface area contributed by atoms with E-state index in [4.69, 9.17) is 4.84 Å². The summed E-state index contributed by atoms with van der Waals surface area (Å²) in [5.74, 6) is 0.363. The van der Waals surface area contributed by atoms with Gasteiger partial charge in [-0.05, 0) is 17.5 Å². The van der Waals surface area contributed by atoms with Gasteiger partial charge in [-0.2, -0.15) is 0 Å². The van der Waals surface area contributed by atoms with E-state index in [9.17, 15) is 0 Å². The minimum Gasteiger partial charge on any atom is -0.399 e. The Kier molecular flexibility index (Phi) is 3.50. The van der Waals surface area contributed by atoms with Gasteiger partial charge in [-0.15, -0.1) is 0 Å².